The number of nitrogens with zero attached hydrogens (tertiary/aromatic N) is 1. The van der Waals surface area contributed by atoms with Crippen LogP contribution in [0.5, 0.6) is 0 Å². The van der Waals surface area contributed by atoms with Gasteiger partial charge in [-0.3, -0.25) is 0 Å². The van der Waals surface area contributed by atoms with Gasteiger partial charge < -0.3 is 9.64 Å². The minimum atomic E-state index is 0.250. The Morgan fingerprint density at radius 1 is 1.47 bits per heavy atom. The van der Waals surface area contributed by atoms with E-state index in [0.29, 0.717) is 5.88 Å². The molecule has 2 rings (SSSR count). The van der Waals surface area contributed by atoms with Gasteiger partial charge >= 0.3 is 0 Å². The quantitative estimate of drug-likeness (QED) is 0.762. The van der Waals surface area contributed by atoms with Gasteiger partial charge in [-0.25, -0.2) is 0 Å². The summed E-state index contributed by atoms with van der Waals surface area (Å²) in [6, 6.07) is 5.89. The molecule has 1 fully saturated rings. The van der Waals surface area contributed by atoms with Crippen LogP contribution in [-0.2, 0) is 10.6 Å². The number of benzene rings is 1. The number of hydrogen-bond donors (Lipinski definition) is 0. The summed E-state index contributed by atoms with van der Waals surface area (Å²) in [6.45, 7) is 4.82. The zero-order chi connectivity index (χ0) is 12.3. The van der Waals surface area contributed by atoms with Crippen LogP contribution in [0.4, 0.5) is 5.69 Å². The molecule has 1 aromatic carbocycles. The number of halogens is 2. The molecule has 94 valence electrons. The summed E-state index contributed by atoms with van der Waals surface area (Å²) in [5.41, 5.74) is 2.27. The van der Waals surface area contributed by atoms with Crippen molar-refractivity contribution in [2.75, 3.05) is 24.6 Å². The van der Waals surface area contributed by atoms with Crippen LogP contribution in [0.25, 0.3) is 0 Å². The van der Waals surface area contributed by atoms with E-state index in [1.165, 1.54) is 0 Å². The van der Waals surface area contributed by atoms with Crippen molar-refractivity contribution in [3.63, 3.8) is 0 Å². The van der Waals surface area contributed by atoms with E-state index < -0.39 is 0 Å². The molecule has 0 aliphatic carbocycles. The predicted molar refractivity (Wildman–Crippen MR) is 73.3 cm³/mol. The van der Waals surface area contributed by atoms with Crippen LogP contribution >= 0.6 is 23.2 Å². The summed E-state index contributed by atoms with van der Waals surface area (Å²) in [7, 11) is 0. The van der Waals surface area contributed by atoms with E-state index in [9.17, 15) is 0 Å². The van der Waals surface area contributed by atoms with Crippen LogP contribution in [-0.4, -0.2) is 25.8 Å². The third-order valence-electron chi connectivity index (χ3n) is 2.98. The van der Waals surface area contributed by atoms with Crippen molar-refractivity contribution in [1.29, 1.82) is 0 Å². The summed E-state index contributed by atoms with van der Waals surface area (Å²) >= 11 is 12.0. The van der Waals surface area contributed by atoms with Crippen LogP contribution in [0, 0.1) is 0 Å². The molecule has 0 bridgehead atoms. The molecule has 1 atom stereocenters. The van der Waals surface area contributed by atoms with Gasteiger partial charge in [0.05, 0.1) is 6.10 Å². The summed E-state index contributed by atoms with van der Waals surface area (Å²) < 4.78 is 5.65. The first-order chi connectivity index (χ1) is 8.20. The second-order valence-electron chi connectivity index (χ2n) is 4.39. The second-order valence-corrected chi connectivity index (χ2v) is 5.09. The highest BCUT2D eigenvalue weighted by atomic mass is 35.5. The smallest absolute Gasteiger partial charge is 0.0721 e. The lowest BCUT2D eigenvalue weighted by molar-refractivity contribution is 0.0821. The lowest BCUT2D eigenvalue weighted by atomic mass is 10.1. The summed E-state index contributed by atoms with van der Waals surface area (Å²) in [5.74, 6) is 0.512. The minimum absolute atomic E-state index is 0.250. The summed E-state index contributed by atoms with van der Waals surface area (Å²) in [6.07, 6.45) is 1.29. The van der Waals surface area contributed by atoms with Crippen molar-refractivity contribution in [3.05, 3.63) is 28.8 Å². The maximum atomic E-state index is 6.07. The van der Waals surface area contributed by atoms with Gasteiger partial charge in [-0.2, -0.15) is 0 Å². The molecule has 0 radical (unpaired) electrons. The number of ether oxygens (including phenoxy) is 1. The van der Waals surface area contributed by atoms with Crippen molar-refractivity contribution >= 4 is 28.9 Å². The highest BCUT2D eigenvalue weighted by Crippen LogP contribution is 2.27. The first kappa shape index (κ1) is 13.0. The predicted octanol–water partition coefficient (Wildman–Crippen LogP) is 3.69. The van der Waals surface area contributed by atoms with E-state index in [1.54, 1.807) is 0 Å². The van der Waals surface area contributed by atoms with E-state index >= 15 is 0 Å². The standard InChI is InChI=1S/C13H17Cl2NO/c1-10-9-16(5-2-6-17-10)13-7-12(15)4-3-11(13)8-14/h3-4,7,10H,2,5-6,8-9H2,1H3. The average molecular weight is 274 g/mol. The topological polar surface area (TPSA) is 12.5 Å². The molecule has 1 heterocycles. The molecular weight excluding hydrogens is 257 g/mol. The normalized spacial score (nSPS) is 21.4. The monoisotopic (exact) mass is 273 g/mol. The minimum Gasteiger partial charge on any atom is -0.377 e. The Bertz CT molecular complexity index is 384. The molecule has 0 amide bonds. The summed E-state index contributed by atoms with van der Waals surface area (Å²) in [4.78, 5) is 2.32. The largest absolute Gasteiger partial charge is 0.377 e. The lowest BCUT2D eigenvalue weighted by Gasteiger charge is -2.26. The van der Waals surface area contributed by atoms with Gasteiger partial charge in [-0.05, 0) is 31.0 Å². The third-order valence-corrected chi connectivity index (χ3v) is 3.51. The van der Waals surface area contributed by atoms with E-state index in [2.05, 4.69) is 11.8 Å². The Hall–Kier alpha value is -0.440. The van der Waals surface area contributed by atoms with Crippen molar-refractivity contribution in [2.45, 2.75) is 25.3 Å². The molecule has 1 aromatic rings. The lowest BCUT2D eigenvalue weighted by Crippen LogP contribution is -2.30. The van der Waals surface area contributed by atoms with Gasteiger partial charge in [0.15, 0.2) is 0 Å². The number of alkyl halides is 1. The van der Waals surface area contributed by atoms with Crippen molar-refractivity contribution in [3.8, 4) is 0 Å². The van der Waals surface area contributed by atoms with Gasteiger partial charge in [0.2, 0.25) is 0 Å². The molecule has 1 aliphatic heterocycles. The van der Waals surface area contributed by atoms with Gasteiger partial charge in [-0.15, -0.1) is 11.6 Å². The molecule has 17 heavy (non-hydrogen) atoms. The van der Waals surface area contributed by atoms with Crippen LogP contribution < -0.4 is 4.90 Å². The molecule has 0 aromatic heterocycles. The molecule has 0 saturated carbocycles. The Labute approximate surface area is 112 Å². The second kappa shape index (κ2) is 5.94. The molecule has 1 unspecified atom stereocenters. The SMILES string of the molecule is CC1CN(c2cc(Cl)ccc2CCl)CCCO1. The molecule has 4 heteroatoms. The molecule has 1 aliphatic rings. The molecule has 1 saturated heterocycles. The Balaban J connectivity index is 2.27. The average Bonchev–Trinajstić information content (AvgIpc) is 2.54. The first-order valence-corrected chi connectivity index (χ1v) is 6.83. The zero-order valence-corrected chi connectivity index (χ0v) is 11.5. The summed E-state index contributed by atoms with van der Waals surface area (Å²) in [5, 5.41) is 0.756. The fraction of sp³-hybridized carbons (Fsp3) is 0.538. The molecule has 0 spiro atoms. The van der Waals surface area contributed by atoms with Crippen molar-refractivity contribution < 1.29 is 4.74 Å². The van der Waals surface area contributed by atoms with Crippen LogP contribution in [0.15, 0.2) is 18.2 Å². The third kappa shape index (κ3) is 3.27. The maximum absolute atomic E-state index is 6.07. The van der Waals surface area contributed by atoms with Gasteiger partial charge in [-0.1, -0.05) is 17.7 Å². The molecule has 2 nitrogen and oxygen atoms in total. The number of rotatable bonds is 2. The van der Waals surface area contributed by atoms with Crippen LogP contribution in [0.3, 0.4) is 0 Å². The van der Waals surface area contributed by atoms with E-state index in [1.807, 2.05) is 18.2 Å². The molecular formula is C13H17Cl2NO. The highest BCUT2D eigenvalue weighted by Gasteiger charge is 2.17. The van der Waals surface area contributed by atoms with Gasteiger partial charge in [0.25, 0.3) is 0 Å². The van der Waals surface area contributed by atoms with Crippen molar-refractivity contribution in [1.82, 2.24) is 0 Å². The van der Waals surface area contributed by atoms with E-state index in [0.717, 1.165) is 42.4 Å². The Morgan fingerprint density at radius 2 is 2.29 bits per heavy atom. The van der Waals surface area contributed by atoms with Gasteiger partial charge in [0, 0.05) is 36.3 Å². The maximum Gasteiger partial charge on any atom is 0.0721 e. The number of hydrogen-bond acceptors (Lipinski definition) is 2. The zero-order valence-electron chi connectivity index (χ0n) is 9.96. The number of anilines is 1. The fourth-order valence-electron chi connectivity index (χ4n) is 2.16. The van der Waals surface area contributed by atoms with Crippen LogP contribution in [0.1, 0.15) is 18.9 Å². The highest BCUT2D eigenvalue weighted by molar-refractivity contribution is 6.31. The fourth-order valence-corrected chi connectivity index (χ4v) is 2.55. The van der Waals surface area contributed by atoms with Gasteiger partial charge in [0.1, 0.15) is 0 Å². The first-order valence-electron chi connectivity index (χ1n) is 5.91. The van der Waals surface area contributed by atoms with Crippen LogP contribution in [0.2, 0.25) is 5.02 Å². The Morgan fingerprint density at radius 3 is 3.06 bits per heavy atom. The Kier molecular flexibility index (Phi) is 4.55. The molecule has 0 N–H and O–H groups in total. The van der Waals surface area contributed by atoms with Crippen molar-refractivity contribution in [2.24, 2.45) is 0 Å². The van der Waals surface area contributed by atoms with E-state index in [4.69, 9.17) is 27.9 Å². The van der Waals surface area contributed by atoms with E-state index in [-0.39, 0.29) is 6.10 Å².